The second-order valence-corrected chi connectivity index (χ2v) is 3.41. The van der Waals surface area contributed by atoms with Gasteiger partial charge in [-0.2, -0.15) is 0 Å². The summed E-state index contributed by atoms with van der Waals surface area (Å²) < 4.78 is 4.88. The standard InChI is InChI=1S/C6H5ClIN3O2/c1-13-6(12)2-5(9)11-4(8)3(7)10-2/h1H3,(H2,9,11). The third-order valence-corrected chi connectivity index (χ3v) is 2.55. The number of carbonyl (C=O) groups is 1. The fraction of sp³-hybridized carbons (Fsp3) is 0.167. The van der Waals surface area contributed by atoms with E-state index in [1.165, 1.54) is 7.11 Å². The van der Waals surface area contributed by atoms with Crippen LogP contribution in [0, 0.1) is 3.70 Å². The fourth-order valence-corrected chi connectivity index (χ4v) is 1.16. The van der Waals surface area contributed by atoms with Crippen LogP contribution in [0.4, 0.5) is 5.82 Å². The first-order valence-corrected chi connectivity index (χ1v) is 4.58. The zero-order chi connectivity index (χ0) is 10.0. The highest BCUT2D eigenvalue weighted by atomic mass is 127. The van der Waals surface area contributed by atoms with Crippen molar-refractivity contribution < 1.29 is 9.53 Å². The van der Waals surface area contributed by atoms with E-state index in [2.05, 4.69) is 14.7 Å². The predicted molar refractivity (Wildman–Crippen MR) is 55.5 cm³/mol. The molecule has 0 atom stereocenters. The second-order valence-electron chi connectivity index (χ2n) is 2.03. The molecular weight excluding hydrogens is 308 g/mol. The Hall–Kier alpha value is -0.630. The van der Waals surface area contributed by atoms with Crippen LogP contribution in [0.5, 0.6) is 0 Å². The number of aromatic nitrogens is 2. The Bertz CT molecular complexity index is 358. The Kier molecular flexibility index (Phi) is 3.26. The molecule has 70 valence electrons. The van der Waals surface area contributed by atoms with E-state index in [0.717, 1.165) is 0 Å². The lowest BCUT2D eigenvalue weighted by Crippen LogP contribution is -2.11. The van der Waals surface area contributed by atoms with Crippen LogP contribution in [0.3, 0.4) is 0 Å². The maximum Gasteiger partial charge on any atom is 0.360 e. The summed E-state index contributed by atoms with van der Waals surface area (Å²) in [5.74, 6) is -0.635. The number of esters is 1. The first-order chi connectivity index (χ1) is 6.06. The van der Waals surface area contributed by atoms with Gasteiger partial charge in [0.1, 0.15) is 3.70 Å². The Balaban J connectivity index is 3.23. The van der Waals surface area contributed by atoms with Gasteiger partial charge in [0.05, 0.1) is 7.11 Å². The molecule has 0 fully saturated rings. The van der Waals surface area contributed by atoms with Crippen LogP contribution in [0.15, 0.2) is 0 Å². The van der Waals surface area contributed by atoms with Crippen molar-refractivity contribution in [2.24, 2.45) is 0 Å². The molecule has 7 heteroatoms. The van der Waals surface area contributed by atoms with Crippen LogP contribution in [-0.4, -0.2) is 23.0 Å². The summed E-state index contributed by atoms with van der Waals surface area (Å²) in [7, 11) is 1.23. The van der Waals surface area contributed by atoms with Crippen molar-refractivity contribution in [1.82, 2.24) is 9.97 Å². The van der Waals surface area contributed by atoms with Gasteiger partial charge in [-0.3, -0.25) is 0 Å². The summed E-state index contributed by atoms with van der Waals surface area (Å²) in [6.07, 6.45) is 0. The molecule has 2 N–H and O–H groups in total. The number of rotatable bonds is 1. The van der Waals surface area contributed by atoms with Gasteiger partial charge in [0.15, 0.2) is 16.7 Å². The topological polar surface area (TPSA) is 78.1 Å². The molecule has 1 aromatic rings. The van der Waals surface area contributed by atoms with Crippen LogP contribution in [0.1, 0.15) is 10.5 Å². The Labute approximate surface area is 92.8 Å². The van der Waals surface area contributed by atoms with E-state index in [9.17, 15) is 4.79 Å². The van der Waals surface area contributed by atoms with Gasteiger partial charge >= 0.3 is 5.97 Å². The first kappa shape index (κ1) is 10.5. The number of halogens is 2. The van der Waals surface area contributed by atoms with E-state index >= 15 is 0 Å². The number of ether oxygens (including phenoxy) is 1. The van der Waals surface area contributed by atoms with Gasteiger partial charge in [0, 0.05) is 0 Å². The van der Waals surface area contributed by atoms with E-state index in [4.69, 9.17) is 17.3 Å². The molecule has 0 amide bonds. The molecule has 5 nitrogen and oxygen atoms in total. The molecule has 0 saturated heterocycles. The molecule has 0 bridgehead atoms. The molecule has 1 heterocycles. The van der Waals surface area contributed by atoms with Crippen LogP contribution in [0.25, 0.3) is 0 Å². The average Bonchev–Trinajstić information content (AvgIpc) is 2.10. The molecule has 13 heavy (non-hydrogen) atoms. The SMILES string of the molecule is COC(=O)c1nc(Cl)c(I)nc1N. The third kappa shape index (κ3) is 2.19. The maximum absolute atomic E-state index is 11.0. The minimum atomic E-state index is -0.650. The number of nitrogens with two attached hydrogens (primary N) is 1. The summed E-state index contributed by atoms with van der Waals surface area (Å²) >= 11 is 7.51. The summed E-state index contributed by atoms with van der Waals surface area (Å²) in [5.41, 5.74) is 5.37. The van der Waals surface area contributed by atoms with Crippen LogP contribution in [-0.2, 0) is 4.74 Å². The number of hydrogen-bond acceptors (Lipinski definition) is 5. The van der Waals surface area contributed by atoms with Crippen molar-refractivity contribution in [1.29, 1.82) is 0 Å². The van der Waals surface area contributed by atoms with Crippen molar-refractivity contribution in [3.8, 4) is 0 Å². The summed E-state index contributed by atoms with van der Waals surface area (Å²) in [6.45, 7) is 0. The van der Waals surface area contributed by atoms with E-state index in [0.29, 0.717) is 3.70 Å². The predicted octanol–water partition coefficient (Wildman–Crippen LogP) is 1.10. The molecule has 0 aromatic carbocycles. The zero-order valence-corrected chi connectivity index (χ0v) is 9.46. The van der Waals surface area contributed by atoms with Crippen molar-refractivity contribution in [3.05, 3.63) is 14.5 Å². The summed E-state index contributed by atoms with van der Waals surface area (Å²) in [5, 5.41) is 0.134. The van der Waals surface area contributed by atoms with Crippen LogP contribution < -0.4 is 5.73 Å². The molecule has 0 saturated carbocycles. The quantitative estimate of drug-likeness (QED) is 0.620. The number of hydrogen-bond donors (Lipinski definition) is 1. The largest absolute Gasteiger partial charge is 0.464 e. The summed E-state index contributed by atoms with van der Waals surface area (Å²) in [6, 6.07) is 0. The lowest BCUT2D eigenvalue weighted by molar-refractivity contribution is 0.0595. The molecule has 0 unspecified atom stereocenters. The van der Waals surface area contributed by atoms with E-state index < -0.39 is 5.97 Å². The lowest BCUT2D eigenvalue weighted by Gasteiger charge is -2.02. The van der Waals surface area contributed by atoms with Crippen molar-refractivity contribution in [2.45, 2.75) is 0 Å². The van der Waals surface area contributed by atoms with Gasteiger partial charge < -0.3 is 10.5 Å². The molecule has 1 rings (SSSR count). The Morgan fingerprint density at radius 1 is 1.62 bits per heavy atom. The number of methoxy groups -OCH3 is 1. The van der Waals surface area contributed by atoms with Gasteiger partial charge in [0.2, 0.25) is 0 Å². The highest BCUT2D eigenvalue weighted by molar-refractivity contribution is 14.1. The van der Waals surface area contributed by atoms with Gasteiger partial charge in [-0.1, -0.05) is 11.6 Å². The zero-order valence-electron chi connectivity index (χ0n) is 6.54. The smallest absolute Gasteiger partial charge is 0.360 e. The minimum absolute atomic E-state index is 0.0145. The molecule has 0 aliphatic carbocycles. The van der Waals surface area contributed by atoms with Gasteiger partial charge in [0.25, 0.3) is 0 Å². The Morgan fingerprint density at radius 3 is 2.77 bits per heavy atom. The van der Waals surface area contributed by atoms with E-state index in [1.54, 1.807) is 0 Å². The van der Waals surface area contributed by atoms with Crippen LogP contribution >= 0.6 is 34.2 Å². The van der Waals surface area contributed by atoms with E-state index in [1.807, 2.05) is 22.6 Å². The minimum Gasteiger partial charge on any atom is -0.464 e. The normalized spacial score (nSPS) is 9.77. The summed E-state index contributed by atoms with van der Waals surface area (Å²) in [4.78, 5) is 18.6. The second kappa shape index (κ2) is 4.05. The Morgan fingerprint density at radius 2 is 2.23 bits per heavy atom. The van der Waals surface area contributed by atoms with E-state index in [-0.39, 0.29) is 16.7 Å². The molecule has 1 aromatic heterocycles. The van der Waals surface area contributed by atoms with Crippen molar-refractivity contribution >= 4 is 46.0 Å². The lowest BCUT2D eigenvalue weighted by atomic mass is 10.4. The maximum atomic E-state index is 11.0. The van der Waals surface area contributed by atoms with Crippen molar-refractivity contribution in [3.63, 3.8) is 0 Å². The van der Waals surface area contributed by atoms with Crippen molar-refractivity contribution in [2.75, 3.05) is 12.8 Å². The molecular formula is C6H5ClIN3O2. The van der Waals surface area contributed by atoms with Gasteiger partial charge in [-0.15, -0.1) is 0 Å². The number of carbonyl (C=O) groups excluding carboxylic acids is 1. The molecule has 0 aliphatic rings. The van der Waals surface area contributed by atoms with Gasteiger partial charge in [-0.25, -0.2) is 14.8 Å². The number of anilines is 1. The van der Waals surface area contributed by atoms with Crippen LogP contribution in [0.2, 0.25) is 5.15 Å². The monoisotopic (exact) mass is 313 g/mol. The number of nitrogen functional groups attached to an aromatic ring is 1. The highest BCUT2D eigenvalue weighted by Crippen LogP contribution is 2.17. The van der Waals surface area contributed by atoms with Gasteiger partial charge in [-0.05, 0) is 22.6 Å². The molecule has 0 spiro atoms. The fourth-order valence-electron chi connectivity index (χ4n) is 0.653. The average molecular weight is 313 g/mol. The highest BCUT2D eigenvalue weighted by Gasteiger charge is 2.15. The first-order valence-electron chi connectivity index (χ1n) is 3.13. The molecule has 0 aliphatic heterocycles. The molecule has 0 radical (unpaired) electrons. The number of nitrogens with zero attached hydrogens (tertiary/aromatic N) is 2. The third-order valence-electron chi connectivity index (χ3n) is 1.22.